The number of para-hydroxylation sites is 2. The Kier molecular flexibility index (Phi) is 5.71. The highest BCUT2D eigenvalue weighted by Gasteiger charge is 2.53. The largest absolute Gasteiger partial charge is 0.356 e. The minimum absolute atomic E-state index is 0. The van der Waals surface area contributed by atoms with Crippen LogP contribution in [0, 0.1) is 5.41 Å². The Morgan fingerprint density at radius 1 is 1.24 bits per heavy atom. The molecular formula is C19H30IN5. The summed E-state index contributed by atoms with van der Waals surface area (Å²) in [5, 5.41) is 3.44. The van der Waals surface area contributed by atoms with E-state index in [9.17, 15) is 0 Å². The van der Waals surface area contributed by atoms with Gasteiger partial charge in [0.1, 0.15) is 12.4 Å². The molecule has 1 aliphatic heterocycles. The molecule has 0 radical (unpaired) electrons. The van der Waals surface area contributed by atoms with Crippen molar-refractivity contribution in [2.24, 2.45) is 17.5 Å². The van der Waals surface area contributed by atoms with Gasteiger partial charge in [0.15, 0.2) is 5.96 Å². The van der Waals surface area contributed by atoms with Gasteiger partial charge in [-0.2, -0.15) is 0 Å². The van der Waals surface area contributed by atoms with Gasteiger partial charge in [-0.15, -0.1) is 24.0 Å². The van der Waals surface area contributed by atoms with Crippen molar-refractivity contribution in [3.8, 4) is 0 Å². The number of aryl methyl sites for hydroxylation is 1. The molecule has 6 heteroatoms. The van der Waals surface area contributed by atoms with Crippen LogP contribution >= 0.6 is 24.0 Å². The molecule has 0 atom stereocenters. The Bertz CT molecular complexity index is 775. The second kappa shape index (κ2) is 7.13. The molecule has 138 valence electrons. The third-order valence-corrected chi connectivity index (χ3v) is 5.72. The molecule has 0 spiro atoms. The Labute approximate surface area is 167 Å². The Hall–Kier alpha value is -1.31. The number of guanidine groups is 1. The van der Waals surface area contributed by atoms with E-state index in [4.69, 9.17) is 9.98 Å². The predicted molar refractivity (Wildman–Crippen MR) is 116 cm³/mol. The number of aliphatic imine (C=N–C) groups is 1. The maximum absolute atomic E-state index is 4.87. The molecule has 1 aliphatic rings. The molecular weight excluding hydrogens is 425 g/mol. The van der Waals surface area contributed by atoms with E-state index in [2.05, 4.69) is 68.6 Å². The minimum atomic E-state index is 0. The predicted octanol–water partition coefficient (Wildman–Crippen LogP) is 3.78. The van der Waals surface area contributed by atoms with Crippen molar-refractivity contribution >= 4 is 41.0 Å². The Balaban J connectivity index is 0.00000225. The number of fused-ring (bicyclic) bond motifs is 1. The van der Waals surface area contributed by atoms with Crippen LogP contribution in [0.25, 0.3) is 11.0 Å². The molecule has 1 N–H and O–H groups in total. The highest BCUT2D eigenvalue weighted by Crippen LogP contribution is 2.46. The molecule has 25 heavy (non-hydrogen) atoms. The molecule has 3 rings (SSSR count). The van der Waals surface area contributed by atoms with Gasteiger partial charge in [-0.05, 0) is 32.9 Å². The van der Waals surface area contributed by atoms with Gasteiger partial charge in [0.2, 0.25) is 0 Å². The molecule has 0 bridgehead atoms. The average Bonchev–Trinajstić information content (AvgIpc) is 2.86. The van der Waals surface area contributed by atoms with Crippen LogP contribution in [0.15, 0.2) is 29.3 Å². The lowest BCUT2D eigenvalue weighted by Gasteiger charge is -2.62. The molecule has 5 nitrogen and oxygen atoms in total. The van der Waals surface area contributed by atoms with Gasteiger partial charge >= 0.3 is 0 Å². The molecule has 1 aromatic heterocycles. The third-order valence-electron chi connectivity index (χ3n) is 5.72. The normalized spacial score (nSPS) is 18.6. The summed E-state index contributed by atoms with van der Waals surface area (Å²) in [6, 6.07) is 8.22. The van der Waals surface area contributed by atoms with Crippen LogP contribution < -0.4 is 5.32 Å². The van der Waals surface area contributed by atoms with E-state index in [-0.39, 0.29) is 29.5 Å². The van der Waals surface area contributed by atoms with Gasteiger partial charge in [0.05, 0.1) is 11.0 Å². The van der Waals surface area contributed by atoms with Gasteiger partial charge in [-0.25, -0.2) is 9.98 Å². The highest BCUT2D eigenvalue weighted by atomic mass is 127. The topological polar surface area (TPSA) is 45.5 Å². The SMILES string of the molecule is CCNC(=NCc1nc2ccccc2n1C)N1CC(C)(C)C1(C)C.I. The van der Waals surface area contributed by atoms with Crippen LogP contribution in [0.2, 0.25) is 0 Å². The number of hydrogen-bond donors (Lipinski definition) is 1. The summed E-state index contributed by atoms with van der Waals surface area (Å²) in [6.45, 7) is 13.8. The Morgan fingerprint density at radius 3 is 2.48 bits per heavy atom. The van der Waals surface area contributed by atoms with E-state index >= 15 is 0 Å². The summed E-state index contributed by atoms with van der Waals surface area (Å²) in [6.07, 6.45) is 0. The van der Waals surface area contributed by atoms with Crippen LogP contribution in [0.3, 0.4) is 0 Å². The zero-order valence-corrected chi connectivity index (χ0v) is 18.5. The van der Waals surface area contributed by atoms with Crippen LogP contribution in [0.5, 0.6) is 0 Å². The van der Waals surface area contributed by atoms with E-state index in [0.717, 1.165) is 35.9 Å². The molecule has 0 aliphatic carbocycles. The lowest BCUT2D eigenvalue weighted by molar-refractivity contribution is -0.0668. The summed E-state index contributed by atoms with van der Waals surface area (Å²) in [5.41, 5.74) is 2.57. The fourth-order valence-corrected chi connectivity index (χ4v) is 3.28. The number of benzene rings is 1. The van der Waals surface area contributed by atoms with Gasteiger partial charge < -0.3 is 14.8 Å². The molecule has 1 fully saturated rings. The fraction of sp³-hybridized carbons (Fsp3) is 0.579. The van der Waals surface area contributed by atoms with Crippen molar-refractivity contribution in [2.45, 2.75) is 46.7 Å². The summed E-state index contributed by atoms with van der Waals surface area (Å²) in [4.78, 5) is 12.0. The van der Waals surface area contributed by atoms with Gasteiger partial charge in [0.25, 0.3) is 0 Å². The second-order valence-corrected chi connectivity index (χ2v) is 7.77. The van der Waals surface area contributed by atoms with E-state index < -0.39 is 0 Å². The lowest BCUT2D eigenvalue weighted by atomic mass is 9.65. The number of imidazole rings is 1. The number of halogens is 1. The first-order chi connectivity index (χ1) is 11.3. The van der Waals surface area contributed by atoms with E-state index in [0.29, 0.717) is 12.0 Å². The summed E-state index contributed by atoms with van der Waals surface area (Å²) in [7, 11) is 2.06. The first-order valence-electron chi connectivity index (χ1n) is 8.74. The molecule has 0 amide bonds. The van der Waals surface area contributed by atoms with Gasteiger partial charge in [0, 0.05) is 31.1 Å². The van der Waals surface area contributed by atoms with Crippen molar-refractivity contribution in [1.82, 2.24) is 19.8 Å². The summed E-state index contributed by atoms with van der Waals surface area (Å²) >= 11 is 0. The van der Waals surface area contributed by atoms with Gasteiger partial charge in [-0.1, -0.05) is 26.0 Å². The maximum atomic E-state index is 4.87. The monoisotopic (exact) mass is 455 g/mol. The first kappa shape index (κ1) is 20.0. The number of nitrogens with zero attached hydrogens (tertiary/aromatic N) is 4. The maximum Gasteiger partial charge on any atom is 0.194 e. The third kappa shape index (κ3) is 3.37. The lowest BCUT2D eigenvalue weighted by Crippen LogP contribution is -2.72. The number of rotatable bonds is 3. The van der Waals surface area contributed by atoms with Crippen LogP contribution in [-0.2, 0) is 13.6 Å². The zero-order valence-electron chi connectivity index (χ0n) is 16.1. The van der Waals surface area contributed by atoms with Crippen LogP contribution in [0.4, 0.5) is 0 Å². The highest BCUT2D eigenvalue weighted by molar-refractivity contribution is 14.0. The molecule has 1 aromatic carbocycles. The van der Waals surface area contributed by atoms with Crippen molar-refractivity contribution in [1.29, 1.82) is 0 Å². The van der Waals surface area contributed by atoms with Gasteiger partial charge in [-0.3, -0.25) is 0 Å². The molecule has 0 unspecified atom stereocenters. The zero-order chi connectivity index (χ0) is 17.5. The Morgan fingerprint density at radius 2 is 1.92 bits per heavy atom. The average molecular weight is 455 g/mol. The van der Waals surface area contributed by atoms with Crippen LogP contribution in [-0.4, -0.2) is 39.0 Å². The minimum Gasteiger partial charge on any atom is -0.356 e. The number of likely N-dealkylation sites (tertiary alicyclic amines) is 1. The van der Waals surface area contributed by atoms with Crippen molar-refractivity contribution in [3.63, 3.8) is 0 Å². The van der Waals surface area contributed by atoms with E-state index in [1.54, 1.807) is 0 Å². The number of hydrogen-bond acceptors (Lipinski definition) is 2. The second-order valence-electron chi connectivity index (χ2n) is 7.77. The smallest absolute Gasteiger partial charge is 0.194 e. The van der Waals surface area contributed by atoms with E-state index in [1.165, 1.54) is 0 Å². The van der Waals surface area contributed by atoms with Crippen LogP contribution in [0.1, 0.15) is 40.4 Å². The quantitative estimate of drug-likeness (QED) is 0.436. The first-order valence-corrected chi connectivity index (χ1v) is 8.74. The number of aromatic nitrogens is 2. The summed E-state index contributed by atoms with van der Waals surface area (Å²) in [5.74, 6) is 1.97. The molecule has 0 saturated carbocycles. The molecule has 2 heterocycles. The van der Waals surface area contributed by atoms with E-state index in [1.807, 2.05) is 12.1 Å². The van der Waals surface area contributed by atoms with Crippen molar-refractivity contribution in [2.75, 3.05) is 13.1 Å². The standard InChI is InChI=1S/C19H29N5.HI/c1-7-20-17(24-13-18(2,3)19(24,4)5)21-12-16-22-14-10-8-9-11-15(14)23(16)6;/h8-11H,7,12-13H2,1-6H3,(H,20,21);1H. The fourth-order valence-electron chi connectivity index (χ4n) is 3.28. The van der Waals surface area contributed by atoms with Crippen molar-refractivity contribution < 1.29 is 0 Å². The number of nitrogens with one attached hydrogen (secondary N) is 1. The molecule has 2 aromatic rings. The van der Waals surface area contributed by atoms with Crippen molar-refractivity contribution in [3.05, 3.63) is 30.1 Å². The summed E-state index contributed by atoms with van der Waals surface area (Å²) < 4.78 is 2.13. The molecule has 1 saturated heterocycles.